The zero-order valence-corrected chi connectivity index (χ0v) is 41.0. The Morgan fingerprint density at radius 1 is 0.672 bits per heavy atom. The molecule has 0 aromatic heterocycles. The quantitative estimate of drug-likeness (QED) is 0.0202. The number of carbonyl (C=O) groups excluding carboxylic acids is 8. The molecular formula is C42H67N15O8Se2. The fourth-order valence-corrected chi connectivity index (χ4v) is 15.0. The average Bonchev–Trinajstić information content (AvgIpc) is 3.28. The van der Waals surface area contributed by atoms with Gasteiger partial charge in [0.2, 0.25) is 11.8 Å². The van der Waals surface area contributed by atoms with Crippen LogP contribution in [0, 0.1) is 5.92 Å². The number of hydrogen-bond donors (Lipinski definition) is 13. The molecule has 0 spiro atoms. The van der Waals surface area contributed by atoms with E-state index in [1.807, 2.05) is 24.3 Å². The van der Waals surface area contributed by atoms with Crippen LogP contribution in [0.4, 0.5) is 0 Å². The summed E-state index contributed by atoms with van der Waals surface area (Å²) in [5.41, 5.74) is 35.1. The molecule has 370 valence electrons. The summed E-state index contributed by atoms with van der Waals surface area (Å²) in [6.45, 7) is 0.687. The van der Waals surface area contributed by atoms with Crippen molar-refractivity contribution in [3.8, 4) is 0 Å². The van der Waals surface area contributed by atoms with Gasteiger partial charge in [0.25, 0.3) is 0 Å². The Kier molecular flexibility index (Phi) is 22.6. The first-order valence-corrected chi connectivity index (χ1v) is 29.3. The number of hydrogen-bond acceptors (Lipinski definition) is 11. The fraction of sp³-hybridized carbons (Fsp3) is 0.619. The number of nitrogens with one attached hydrogen (secondary N) is 7. The van der Waals surface area contributed by atoms with Crippen molar-refractivity contribution in [2.45, 2.75) is 143 Å². The van der Waals surface area contributed by atoms with E-state index in [2.05, 4.69) is 47.2 Å². The maximum absolute atomic E-state index is 14.3. The molecule has 2 aliphatic heterocycles. The SMILES string of the molecule is NC(=O)CC[C@H](NC(=O)[C@@H](CCCN=C(N)N)NC(=O)[C@@H](CCCN=C(N)N)NC(=O)[C@@H]1Cc2ccccc2CN1)C(=O)N[C@@H](CC1CCCCC1)C(=O)N[C@H]1C[Se][Se]C[C@@H](C(N)=O)NC1=O. The Balaban J connectivity index is 1.55. The molecule has 2 heterocycles. The van der Waals surface area contributed by atoms with Crippen LogP contribution >= 0.6 is 0 Å². The predicted octanol–water partition coefficient (Wildman–Crippen LogP) is -4.39. The number of benzene rings is 1. The van der Waals surface area contributed by atoms with Crippen molar-refractivity contribution in [1.29, 1.82) is 0 Å². The molecule has 0 unspecified atom stereocenters. The molecule has 0 radical (unpaired) electrons. The van der Waals surface area contributed by atoms with Gasteiger partial charge in [-0.3, -0.25) is 19.6 Å². The normalized spacial score (nSPS) is 20.2. The van der Waals surface area contributed by atoms with Crippen LogP contribution in [-0.4, -0.2) is 141 Å². The van der Waals surface area contributed by atoms with Gasteiger partial charge in [0.05, 0.1) is 6.04 Å². The van der Waals surface area contributed by atoms with Crippen LogP contribution in [0.1, 0.15) is 88.2 Å². The molecule has 25 heteroatoms. The Morgan fingerprint density at radius 2 is 1.22 bits per heavy atom. The maximum atomic E-state index is 14.3. The van der Waals surface area contributed by atoms with Gasteiger partial charge >= 0.3 is 233 Å². The Morgan fingerprint density at radius 3 is 1.81 bits per heavy atom. The molecule has 3 aliphatic rings. The van der Waals surface area contributed by atoms with Crippen LogP contribution in [0.5, 0.6) is 0 Å². The van der Waals surface area contributed by atoms with Crippen molar-refractivity contribution in [3.05, 3.63) is 35.4 Å². The van der Waals surface area contributed by atoms with E-state index in [1.54, 1.807) is 0 Å². The first kappa shape index (κ1) is 54.1. The summed E-state index contributed by atoms with van der Waals surface area (Å²) in [6, 6.07) is 0.222. The fourth-order valence-electron chi connectivity index (χ4n) is 7.97. The zero-order valence-electron chi connectivity index (χ0n) is 37.6. The minimum absolute atomic E-state index is 0.0241. The van der Waals surface area contributed by atoms with Crippen molar-refractivity contribution in [1.82, 2.24) is 37.2 Å². The molecule has 67 heavy (non-hydrogen) atoms. The van der Waals surface area contributed by atoms with Gasteiger partial charge in [-0.05, 0) is 36.8 Å². The van der Waals surface area contributed by atoms with Gasteiger partial charge in [-0.1, -0.05) is 24.3 Å². The van der Waals surface area contributed by atoms with Crippen molar-refractivity contribution in [3.63, 3.8) is 0 Å². The molecule has 19 N–H and O–H groups in total. The standard InChI is InChI=1S/C42H67N15O8Se2/c43-33(58)15-14-28(37(62)55-30(18-23-8-2-1-3-9-23)39(64)57-32-22-67-66-21-31(34(44)59)56-40(32)65)54-36(61)26(12-6-16-49-41(45)46)52-35(60)27(13-7-17-50-42(47)48)53-38(63)29-19-24-10-4-5-11-25(24)20-51-29/h4-5,10-11,23,26-32,51H,1-3,6-9,12-22H2,(H2,43,58)(H2,44,59)(H,52,60)(H,53,63)(H,54,61)(H,55,62)(H,56,65)(H,57,64)(H4,45,46,49)(H4,47,48,50)/t26-,27-,28+,29+,30+,31+,32+/m1/s1. The van der Waals surface area contributed by atoms with Crippen LogP contribution in [-0.2, 0) is 51.3 Å². The number of nitrogens with two attached hydrogens (primary N) is 6. The van der Waals surface area contributed by atoms with Gasteiger partial charge in [0.1, 0.15) is 6.04 Å². The number of nitrogens with zero attached hydrogens (tertiary/aromatic N) is 2. The van der Waals surface area contributed by atoms with Crippen LogP contribution in [0.25, 0.3) is 0 Å². The molecule has 8 amide bonds. The first-order chi connectivity index (χ1) is 32.0. The Hall–Kier alpha value is -5.48. The summed E-state index contributed by atoms with van der Waals surface area (Å²) in [5.74, 6) is -5.61. The van der Waals surface area contributed by atoms with Crippen molar-refractivity contribution >= 4 is 85.4 Å². The van der Waals surface area contributed by atoms with Crippen molar-refractivity contribution < 1.29 is 38.4 Å². The van der Waals surface area contributed by atoms with Crippen molar-refractivity contribution in [2.24, 2.45) is 50.3 Å². The van der Waals surface area contributed by atoms with Gasteiger partial charge in [0, 0.05) is 19.6 Å². The van der Waals surface area contributed by atoms with E-state index in [0.717, 1.165) is 43.2 Å². The number of carbonyl (C=O) groups is 8. The Labute approximate surface area is 401 Å². The predicted molar refractivity (Wildman–Crippen MR) is 252 cm³/mol. The van der Waals surface area contributed by atoms with E-state index in [9.17, 15) is 38.4 Å². The van der Waals surface area contributed by atoms with E-state index in [-0.39, 0.29) is 102 Å². The average molecular weight is 1070 g/mol. The van der Waals surface area contributed by atoms with E-state index in [4.69, 9.17) is 34.4 Å². The number of fused-ring (bicyclic) bond motifs is 1. The van der Waals surface area contributed by atoms with E-state index < -0.39 is 89.6 Å². The third-order valence-electron chi connectivity index (χ3n) is 11.6. The van der Waals surface area contributed by atoms with Crippen LogP contribution < -0.4 is 71.6 Å². The number of primary amides is 2. The van der Waals surface area contributed by atoms with Gasteiger partial charge in [-0.2, -0.15) is 0 Å². The van der Waals surface area contributed by atoms with Gasteiger partial charge in [0.15, 0.2) is 11.9 Å². The van der Waals surface area contributed by atoms with Gasteiger partial charge < -0.3 is 33.6 Å². The number of amides is 8. The van der Waals surface area contributed by atoms with Crippen molar-refractivity contribution in [2.75, 3.05) is 13.1 Å². The zero-order chi connectivity index (χ0) is 48.9. The molecule has 1 saturated heterocycles. The second kappa shape index (κ2) is 28.0. The molecule has 1 saturated carbocycles. The van der Waals surface area contributed by atoms with E-state index >= 15 is 0 Å². The second-order valence-electron chi connectivity index (χ2n) is 16.9. The molecule has 1 aliphatic carbocycles. The van der Waals surface area contributed by atoms with Gasteiger partial charge in [-0.15, -0.1) is 0 Å². The molecule has 2 fully saturated rings. The number of rotatable bonds is 24. The van der Waals surface area contributed by atoms with Crippen LogP contribution in [0.15, 0.2) is 34.3 Å². The minimum atomic E-state index is -1.42. The van der Waals surface area contributed by atoms with Crippen LogP contribution in [0.2, 0.25) is 10.6 Å². The van der Waals surface area contributed by atoms with E-state index in [1.165, 1.54) is 0 Å². The molecule has 4 rings (SSSR count). The van der Waals surface area contributed by atoms with Crippen LogP contribution in [0.3, 0.4) is 0 Å². The molecule has 1 aromatic carbocycles. The molecule has 23 nitrogen and oxygen atoms in total. The molecule has 0 bridgehead atoms. The number of guanidine groups is 2. The monoisotopic (exact) mass is 1070 g/mol. The Bertz CT molecular complexity index is 1960. The van der Waals surface area contributed by atoms with Gasteiger partial charge in [-0.25, -0.2) is 0 Å². The summed E-state index contributed by atoms with van der Waals surface area (Å²) >= 11 is 0.00720. The first-order valence-electron chi connectivity index (χ1n) is 22.6. The third kappa shape index (κ3) is 19.0. The summed E-state index contributed by atoms with van der Waals surface area (Å²) in [5, 5.41) is 20.5. The summed E-state index contributed by atoms with van der Waals surface area (Å²) in [7, 11) is 0. The molecular weight excluding hydrogens is 1000 g/mol. The molecule has 7 atom stereocenters. The summed E-state index contributed by atoms with van der Waals surface area (Å²) in [6.07, 6.45) is 5.14. The van der Waals surface area contributed by atoms with E-state index in [0.29, 0.717) is 23.6 Å². The molecule has 1 aromatic rings. The summed E-state index contributed by atoms with van der Waals surface area (Å²) < 4.78 is 0. The topological polar surface area (TPSA) is 402 Å². The number of aliphatic imine (C=N–C) groups is 2. The summed E-state index contributed by atoms with van der Waals surface area (Å²) in [4.78, 5) is 116. The second-order valence-corrected chi connectivity index (χ2v) is 24.4. The third-order valence-corrected chi connectivity index (χ3v) is 18.7.